The molecule has 62 heavy (non-hydrogen) atoms. The molecule has 0 aliphatic heterocycles. The monoisotopic (exact) mass is 900 g/mol. The molecule has 0 aromatic heterocycles. The van der Waals surface area contributed by atoms with Gasteiger partial charge in [0.2, 0.25) is 0 Å². The van der Waals surface area contributed by atoms with Crippen molar-refractivity contribution in [3.05, 3.63) is 12.2 Å². The van der Waals surface area contributed by atoms with Crippen molar-refractivity contribution < 1.29 is 37.3 Å². The van der Waals surface area contributed by atoms with Crippen LogP contribution in [0.4, 0.5) is 0 Å². The third-order valence-electron chi connectivity index (χ3n) is 12.1. The van der Waals surface area contributed by atoms with E-state index in [-0.39, 0.29) is 25.8 Å². The van der Waals surface area contributed by atoms with Crippen molar-refractivity contribution in [1.82, 2.24) is 0 Å². The van der Waals surface area contributed by atoms with Gasteiger partial charge in [-0.2, -0.15) is 0 Å². The summed E-state index contributed by atoms with van der Waals surface area (Å²) in [7, 11) is 1.37. The lowest BCUT2D eigenvalue weighted by Crippen LogP contribution is -2.37. The zero-order valence-corrected chi connectivity index (χ0v) is 43.0. The Kier molecular flexibility index (Phi) is 46.2. The Morgan fingerprint density at radius 2 is 0.839 bits per heavy atom. The van der Waals surface area contributed by atoms with Gasteiger partial charge in [0.15, 0.2) is 0 Å². The maximum absolute atomic E-state index is 12.8. The van der Waals surface area contributed by atoms with Gasteiger partial charge in [-0.15, -0.1) is 0 Å². The van der Waals surface area contributed by atoms with E-state index in [4.69, 9.17) is 18.5 Å². The first-order valence-corrected chi connectivity index (χ1v) is 28.4. The van der Waals surface area contributed by atoms with Gasteiger partial charge in [-0.05, 0) is 38.5 Å². The number of phosphoric ester groups is 1. The number of esters is 1. The number of carbonyl (C=O) groups is 1. The fraction of sp³-hybridized carbons (Fsp3) is 0.943. The van der Waals surface area contributed by atoms with Crippen LogP contribution in [0, 0.1) is 0 Å². The molecule has 0 aliphatic carbocycles. The highest BCUT2D eigenvalue weighted by atomic mass is 31.2. The molecule has 0 spiro atoms. The topological polar surface area (TPSA) is 94.1 Å². The number of unbranched alkanes of at least 4 members (excludes halogenated alkanes) is 35. The number of rotatable bonds is 51. The number of nitrogens with zero attached hydrogens (tertiary/aromatic N) is 1. The van der Waals surface area contributed by atoms with E-state index in [2.05, 4.69) is 26.0 Å². The van der Waals surface area contributed by atoms with E-state index >= 15 is 0 Å². The van der Waals surface area contributed by atoms with Gasteiger partial charge in [0.1, 0.15) is 19.3 Å². The molecule has 8 nitrogen and oxygen atoms in total. The van der Waals surface area contributed by atoms with Gasteiger partial charge in [0, 0.05) is 13.0 Å². The van der Waals surface area contributed by atoms with Crippen LogP contribution in [0.5, 0.6) is 0 Å². The third-order valence-corrected chi connectivity index (χ3v) is 13.0. The fourth-order valence-corrected chi connectivity index (χ4v) is 8.63. The van der Waals surface area contributed by atoms with Crippen LogP contribution in [-0.4, -0.2) is 70.7 Å². The van der Waals surface area contributed by atoms with Crippen molar-refractivity contribution >= 4 is 13.8 Å². The minimum atomic E-state index is -4.53. The summed E-state index contributed by atoms with van der Waals surface area (Å²) in [6.45, 7) is 5.47. The van der Waals surface area contributed by atoms with E-state index in [0.717, 1.165) is 32.1 Å². The maximum Gasteiger partial charge on any atom is 0.306 e. The number of phosphoric acid groups is 1. The van der Waals surface area contributed by atoms with Gasteiger partial charge >= 0.3 is 5.97 Å². The number of hydrogen-bond donors (Lipinski definition) is 0. The van der Waals surface area contributed by atoms with Crippen LogP contribution in [-0.2, 0) is 27.9 Å². The molecule has 0 aromatic carbocycles. The van der Waals surface area contributed by atoms with Crippen molar-refractivity contribution in [2.45, 2.75) is 270 Å². The molecule has 0 saturated carbocycles. The first-order valence-electron chi connectivity index (χ1n) is 26.9. The Hall–Kier alpha value is -0.760. The number of ether oxygens (including phenoxy) is 2. The summed E-state index contributed by atoms with van der Waals surface area (Å²) in [6.07, 6.45) is 53.8. The van der Waals surface area contributed by atoms with Crippen LogP contribution >= 0.6 is 7.82 Å². The average Bonchev–Trinajstić information content (AvgIpc) is 3.23. The Morgan fingerprint density at radius 1 is 0.484 bits per heavy atom. The Morgan fingerprint density at radius 3 is 1.23 bits per heavy atom. The summed E-state index contributed by atoms with van der Waals surface area (Å²) in [5, 5.41) is 0. The van der Waals surface area contributed by atoms with Gasteiger partial charge < -0.3 is 27.9 Å². The summed E-state index contributed by atoms with van der Waals surface area (Å²) < 4.78 is 34.8. The van der Waals surface area contributed by atoms with Crippen LogP contribution in [0.1, 0.15) is 264 Å². The molecular formula is C53H106NO7P. The molecule has 0 fully saturated rings. The lowest BCUT2D eigenvalue weighted by Gasteiger charge is -2.28. The van der Waals surface area contributed by atoms with E-state index < -0.39 is 13.9 Å². The molecule has 0 saturated heterocycles. The highest BCUT2D eigenvalue weighted by Crippen LogP contribution is 2.38. The molecule has 0 aliphatic rings. The molecule has 370 valence electrons. The van der Waals surface area contributed by atoms with E-state index in [1.807, 2.05) is 21.1 Å². The lowest BCUT2D eigenvalue weighted by molar-refractivity contribution is -0.870. The fourth-order valence-electron chi connectivity index (χ4n) is 7.90. The van der Waals surface area contributed by atoms with Crippen LogP contribution in [0.3, 0.4) is 0 Å². The Bertz CT molecular complexity index is 1000. The second-order valence-electron chi connectivity index (χ2n) is 19.6. The second-order valence-corrected chi connectivity index (χ2v) is 21.0. The molecule has 9 heteroatoms. The summed E-state index contributed by atoms with van der Waals surface area (Å²) in [5.41, 5.74) is 0. The standard InChI is InChI=1S/C53H106NO7P/c1-6-8-10-12-14-16-18-20-22-24-26-27-28-29-30-32-34-36-38-40-42-44-46-53(55)61-52(51-60-62(56,57)59-49-47-54(3,4)5)50-58-48-45-43-41-39-37-35-33-31-25-23-21-19-17-15-13-11-9-7-2/h21,23,52H,6-20,22,24-51H2,1-5H3/b23-21-. The van der Waals surface area contributed by atoms with Crippen molar-refractivity contribution in [1.29, 1.82) is 0 Å². The molecule has 0 aromatic rings. The number of allylic oxidation sites excluding steroid dienone is 2. The highest BCUT2D eigenvalue weighted by Gasteiger charge is 2.20. The lowest BCUT2D eigenvalue weighted by atomic mass is 10.0. The molecule has 0 amide bonds. The SMILES string of the molecule is CCCCCCCC/C=C\CCCCCCCCCCOCC(COP(=O)([O-])OCC[N+](C)(C)C)OC(=O)CCCCCCCCCCCCCCCCCCCCCCCC. The number of hydrogen-bond acceptors (Lipinski definition) is 7. The second kappa shape index (κ2) is 46.8. The average molecular weight is 900 g/mol. The summed E-state index contributed by atoms with van der Waals surface area (Å²) in [6, 6.07) is 0. The number of quaternary nitrogens is 1. The molecular weight excluding hydrogens is 794 g/mol. The molecule has 0 N–H and O–H groups in total. The van der Waals surface area contributed by atoms with E-state index in [1.165, 1.54) is 212 Å². The molecule has 2 unspecified atom stereocenters. The van der Waals surface area contributed by atoms with Crippen LogP contribution in [0.2, 0.25) is 0 Å². The largest absolute Gasteiger partial charge is 0.756 e. The highest BCUT2D eigenvalue weighted by molar-refractivity contribution is 7.45. The Labute approximate surface area is 386 Å². The maximum atomic E-state index is 12.8. The van der Waals surface area contributed by atoms with Crippen molar-refractivity contribution in [3.63, 3.8) is 0 Å². The molecule has 0 heterocycles. The quantitative estimate of drug-likeness (QED) is 0.0197. The van der Waals surface area contributed by atoms with Crippen molar-refractivity contribution in [2.75, 3.05) is 54.1 Å². The predicted octanol–water partition coefficient (Wildman–Crippen LogP) is 15.9. The van der Waals surface area contributed by atoms with Gasteiger partial charge in [0.25, 0.3) is 7.82 Å². The smallest absolute Gasteiger partial charge is 0.306 e. The molecule has 0 rings (SSSR count). The summed E-state index contributed by atoms with van der Waals surface area (Å²) >= 11 is 0. The zero-order valence-electron chi connectivity index (χ0n) is 42.1. The molecule has 2 atom stereocenters. The van der Waals surface area contributed by atoms with E-state index in [9.17, 15) is 14.3 Å². The zero-order chi connectivity index (χ0) is 45.5. The van der Waals surface area contributed by atoms with Crippen molar-refractivity contribution in [3.8, 4) is 0 Å². The Balaban J connectivity index is 4.07. The summed E-state index contributed by atoms with van der Waals surface area (Å²) in [5.74, 6) is -0.328. The van der Waals surface area contributed by atoms with Gasteiger partial charge in [-0.25, -0.2) is 0 Å². The van der Waals surface area contributed by atoms with E-state index in [0.29, 0.717) is 24.1 Å². The first kappa shape index (κ1) is 61.2. The van der Waals surface area contributed by atoms with Gasteiger partial charge in [-0.1, -0.05) is 231 Å². The predicted molar refractivity (Wildman–Crippen MR) is 264 cm³/mol. The van der Waals surface area contributed by atoms with Crippen LogP contribution in [0.15, 0.2) is 12.2 Å². The molecule has 0 bridgehead atoms. The summed E-state index contributed by atoms with van der Waals surface area (Å²) in [4.78, 5) is 25.2. The normalized spacial score (nSPS) is 13.6. The first-order chi connectivity index (χ1) is 30.1. The minimum absolute atomic E-state index is 0.0292. The van der Waals surface area contributed by atoms with Crippen LogP contribution < -0.4 is 4.89 Å². The molecule has 0 radical (unpaired) electrons. The third kappa shape index (κ3) is 50.2. The number of likely N-dealkylation sites (N-methyl/N-ethyl adjacent to an activating group) is 1. The van der Waals surface area contributed by atoms with Crippen LogP contribution in [0.25, 0.3) is 0 Å². The minimum Gasteiger partial charge on any atom is -0.756 e. The van der Waals surface area contributed by atoms with Crippen molar-refractivity contribution in [2.24, 2.45) is 0 Å². The number of carbonyl (C=O) groups excluding carboxylic acids is 1. The van der Waals surface area contributed by atoms with Gasteiger partial charge in [-0.3, -0.25) is 9.36 Å². The van der Waals surface area contributed by atoms with Gasteiger partial charge in [0.05, 0.1) is 34.4 Å². The van der Waals surface area contributed by atoms with E-state index in [1.54, 1.807) is 0 Å².